The molecular formula is C13H20N6O2. The van der Waals surface area contributed by atoms with Gasteiger partial charge in [0.05, 0.1) is 12.8 Å². The van der Waals surface area contributed by atoms with Crippen LogP contribution in [0.4, 0.5) is 5.82 Å². The molecule has 8 nitrogen and oxygen atoms in total. The predicted octanol–water partition coefficient (Wildman–Crippen LogP) is 0.886. The average Bonchev–Trinajstić information content (AvgIpc) is 3.08. The molecule has 2 aromatic rings. The minimum absolute atomic E-state index is 0.203. The molecule has 2 heterocycles. The first kappa shape index (κ1) is 15.0. The predicted molar refractivity (Wildman–Crippen MR) is 76.6 cm³/mol. The Labute approximate surface area is 122 Å². The van der Waals surface area contributed by atoms with Crippen molar-refractivity contribution in [3.8, 4) is 0 Å². The van der Waals surface area contributed by atoms with Gasteiger partial charge in [-0.1, -0.05) is 12.1 Å². The number of aryl methyl sites for hydroxylation is 2. The Morgan fingerprint density at radius 2 is 2.19 bits per heavy atom. The van der Waals surface area contributed by atoms with Crippen molar-refractivity contribution < 1.29 is 9.53 Å². The van der Waals surface area contributed by atoms with Crippen LogP contribution < -0.4 is 5.73 Å². The van der Waals surface area contributed by atoms with Crippen LogP contribution in [0.3, 0.4) is 0 Å². The lowest BCUT2D eigenvalue weighted by atomic mass is 10.3. The van der Waals surface area contributed by atoms with Crippen LogP contribution in [0.2, 0.25) is 0 Å². The number of nitrogens with zero attached hydrogens (tertiary/aromatic N) is 5. The monoisotopic (exact) mass is 292 g/mol. The third kappa shape index (κ3) is 3.39. The number of anilines is 1. The van der Waals surface area contributed by atoms with Gasteiger partial charge in [-0.2, -0.15) is 0 Å². The number of hydrogen-bond donors (Lipinski definition) is 1. The molecule has 2 N–H and O–H groups in total. The van der Waals surface area contributed by atoms with Crippen LogP contribution >= 0.6 is 0 Å². The average molecular weight is 292 g/mol. The first-order valence-corrected chi connectivity index (χ1v) is 7.03. The molecule has 0 atom stereocenters. The molecule has 0 bridgehead atoms. The third-order valence-electron chi connectivity index (χ3n) is 3.11. The van der Waals surface area contributed by atoms with Crippen molar-refractivity contribution in [1.82, 2.24) is 24.5 Å². The van der Waals surface area contributed by atoms with E-state index in [0.29, 0.717) is 25.4 Å². The van der Waals surface area contributed by atoms with Crippen molar-refractivity contribution in [2.75, 3.05) is 12.3 Å². The smallest absolute Gasteiger partial charge is 0.360 e. The lowest BCUT2D eigenvalue weighted by Gasteiger charge is -2.08. The number of ether oxygens (including phenoxy) is 1. The van der Waals surface area contributed by atoms with Crippen molar-refractivity contribution in [3.63, 3.8) is 0 Å². The van der Waals surface area contributed by atoms with Crippen LogP contribution in [0.5, 0.6) is 0 Å². The SMILES string of the molecule is CCOC(=O)c1nc(CC)n(CCCn2ccnn2)c1N. The minimum Gasteiger partial charge on any atom is -0.461 e. The van der Waals surface area contributed by atoms with Crippen LogP contribution in [-0.4, -0.2) is 37.1 Å². The Balaban J connectivity index is 2.08. The van der Waals surface area contributed by atoms with E-state index < -0.39 is 5.97 Å². The van der Waals surface area contributed by atoms with Gasteiger partial charge in [-0.3, -0.25) is 4.68 Å². The number of nitrogen functional groups attached to an aromatic ring is 1. The van der Waals surface area contributed by atoms with E-state index in [4.69, 9.17) is 10.5 Å². The lowest BCUT2D eigenvalue weighted by Crippen LogP contribution is -2.12. The summed E-state index contributed by atoms with van der Waals surface area (Å²) in [6.45, 7) is 5.43. The first-order chi connectivity index (χ1) is 10.2. The Morgan fingerprint density at radius 1 is 1.38 bits per heavy atom. The van der Waals surface area contributed by atoms with Gasteiger partial charge in [0.25, 0.3) is 0 Å². The van der Waals surface area contributed by atoms with E-state index in [1.54, 1.807) is 17.8 Å². The summed E-state index contributed by atoms with van der Waals surface area (Å²) < 4.78 is 8.59. The molecule has 0 aromatic carbocycles. The highest BCUT2D eigenvalue weighted by Gasteiger charge is 2.20. The van der Waals surface area contributed by atoms with Crippen molar-refractivity contribution in [2.45, 2.75) is 39.8 Å². The number of imidazole rings is 1. The molecule has 0 aliphatic heterocycles. The molecule has 2 rings (SSSR count). The van der Waals surface area contributed by atoms with Crippen molar-refractivity contribution in [1.29, 1.82) is 0 Å². The maximum Gasteiger partial charge on any atom is 0.360 e. The van der Waals surface area contributed by atoms with Crippen LogP contribution in [-0.2, 0) is 24.2 Å². The summed E-state index contributed by atoms with van der Waals surface area (Å²) in [5, 5.41) is 7.66. The van der Waals surface area contributed by atoms with E-state index in [-0.39, 0.29) is 5.69 Å². The molecule has 0 spiro atoms. The van der Waals surface area contributed by atoms with Gasteiger partial charge < -0.3 is 15.0 Å². The second-order valence-corrected chi connectivity index (χ2v) is 4.51. The van der Waals surface area contributed by atoms with Crippen LogP contribution in [0.1, 0.15) is 36.6 Å². The maximum atomic E-state index is 11.8. The molecule has 0 aliphatic rings. The van der Waals surface area contributed by atoms with Gasteiger partial charge >= 0.3 is 5.97 Å². The van der Waals surface area contributed by atoms with E-state index in [1.165, 1.54) is 0 Å². The molecule has 0 saturated carbocycles. The lowest BCUT2D eigenvalue weighted by molar-refractivity contribution is 0.0521. The summed E-state index contributed by atoms with van der Waals surface area (Å²) >= 11 is 0. The number of hydrogen-bond acceptors (Lipinski definition) is 6. The Morgan fingerprint density at radius 3 is 2.81 bits per heavy atom. The number of carbonyl (C=O) groups excluding carboxylic acids is 1. The quantitative estimate of drug-likeness (QED) is 0.760. The standard InChI is InChI=1S/C13H20N6O2/c1-3-10-16-11(13(20)21-4-2)12(14)19(10)8-5-7-18-9-6-15-17-18/h6,9H,3-5,7-8,14H2,1-2H3. The molecule has 8 heteroatoms. The molecule has 0 amide bonds. The number of aromatic nitrogens is 5. The number of nitrogens with two attached hydrogens (primary N) is 1. The Bertz CT molecular complexity index is 590. The Kier molecular flexibility index (Phi) is 4.91. The third-order valence-corrected chi connectivity index (χ3v) is 3.11. The first-order valence-electron chi connectivity index (χ1n) is 7.03. The van der Waals surface area contributed by atoms with Gasteiger partial charge in [0.1, 0.15) is 11.6 Å². The summed E-state index contributed by atoms with van der Waals surface area (Å²) in [7, 11) is 0. The summed E-state index contributed by atoms with van der Waals surface area (Å²) in [5.41, 5.74) is 6.24. The zero-order valence-corrected chi connectivity index (χ0v) is 12.3. The zero-order valence-electron chi connectivity index (χ0n) is 12.3. The maximum absolute atomic E-state index is 11.8. The second-order valence-electron chi connectivity index (χ2n) is 4.51. The summed E-state index contributed by atoms with van der Waals surface area (Å²) in [5.74, 6) is 0.678. The van der Waals surface area contributed by atoms with Gasteiger partial charge in [-0.05, 0) is 13.3 Å². The minimum atomic E-state index is -0.472. The van der Waals surface area contributed by atoms with E-state index in [9.17, 15) is 4.79 Å². The molecule has 0 radical (unpaired) electrons. The van der Waals surface area contributed by atoms with Gasteiger partial charge in [0.2, 0.25) is 0 Å². The summed E-state index contributed by atoms with van der Waals surface area (Å²) in [4.78, 5) is 16.1. The van der Waals surface area contributed by atoms with Crippen molar-refractivity contribution in [2.24, 2.45) is 0 Å². The van der Waals surface area contributed by atoms with Crippen LogP contribution in [0.25, 0.3) is 0 Å². The highest BCUT2D eigenvalue weighted by molar-refractivity contribution is 5.92. The molecule has 0 saturated heterocycles. The van der Waals surface area contributed by atoms with E-state index in [1.807, 2.05) is 17.7 Å². The van der Waals surface area contributed by atoms with E-state index in [2.05, 4.69) is 15.3 Å². The molecule has 0 fully saturated rings. The largest absolute Gasteiger partial charge is 0.461 e. The second kappa shape index (κ2) is 6.87. The van der Waals surface area contributed by atoms with E-state index in [0.717, 1.165) is 18.8 Å². The van der Waals surface area contributed by atoms with Gasteiger partial charge in [0.15, 0.2) is 5.69 Å². The van der Waals surface area contributed by atoms with Crippen LogP contribution in [0, 0.1) is 0 Å². The van der Waals surface area contributed by atoms with Crippen molar-refractivity contribution in [3.05, 3.63) is 23.9 Å². The van der Waals surface area contributed by atoms with Gasteiger partial charge in [-0.15, -0.1) is 5.10 Å². The van der Waals surface area contributed by atoms with Crippen LogP contribution in [0.15, 0.2) is 12.4 Å². The topological polar surface area (TPSA) is 101 Å². The molecule has 0 unspecified atom stereocenters. The Hall–Kier alpha value is -2.38. The number of esters is 1. The number of carbonyl (C=O) groups is 1. The van der Waals surface area contributed by atoms with Gasteiger partial charge in [0, 0.05) is 25.7 Å². The fourth-order valence-corrected chi connectivity index (χ4v) is 2.13. The fraction of sp³-hybridized carbons (Fsp3) is 0.538. The normalized spacial score (nSPS) is 10.8. The van der Waals surface area contributed by atoms with Crippen molar-refractivity contribution >= 4 is 11.8 Å². The molecule has 21 heavy (non-hydrogen) atoms. The summed E-state index contributed by atoms with van der Waals surface area (Å²) in [6.07, 6.45) is 4.97. The number of rotatable bonds is 7. The zero-order chi connectivity index (χ0) is 15.2. The fourth-order valence-electron chi connectivity index (χ4n) is 2.13. The molecule has 0 aliphatic carbocycles. The molecular weight excluding hydrogens is 272 g/mol. The van der Waals surface area contributed by atoms with E-state index >= 15 is 0 Å². The highest BCUT2D eigenvalue weighted by atomic mass is 16.5. The molecule has 2 aromatic heterocycles. The molecule has 114 valence electrons. The van der Waals surface area contributed by atoms with Gasteiger partial charge in [-0.25, -0.2) is 9.78 Å². The highest BCUT2D eigenvalue weighted by Crippen LogP contribution is 2.17. The summed E-state index contributed by atoms with van der Waals surface area (Å²) in [6, 6.07) is 0.